The first-order chi connectivity index (χ1) is 8.47. The fourth-order valence-electron chi connectivity index (χ4n) is 2.05. The van der Waals surface area contributed by atoms with Crippen LogP contribution in [0.5, 0.6) is 0 Å². The zero-order valence-electron chi connectivity index (χ0n) is 11.1. The van der Waals surface area contributed by atoms with Crippen LogP contribution in [-0.2, 0) is 0 Å². The third-order valence-corrected chi connectivity index (χ3v) is 3.05. The minimum atomic E-state index is -1.38. The Bertz CT molecular complexity index is 393. The van der Waals surface area contributed by atoms with Crippen LogP contribution in [0.15, 0.2) is 12.1 Å². The van der Waals surface area contributed by atoms with Crippen LogP contribution < -0.4 is 5.32 Å². The van der Waals surface area contributed by atoms with Crippen molar-refractivity contribution < 1.29 is 13.2 Å². The molecule has 1 aromatic rings. The van der Waals surface area contributed by atoms with E-state index >= 15 is 0 Å². The highest BCUT2D eigenvalue weighted by atomic mass is 19.2. The van der Waals surface area contributed by atoms with Crippen LogP contribution in [0, 0.1) is 17.5 Å². The summed E-state index contributed by atoms with van der Waals surface area (Å²) in [5.74, 6) is -3.74. The molecule has 0 aliphatic rings. The second-order valence-corrected chi connectivity index (χ2v) is 4.76. The lowest BCUT2D eigenvalue weighted by Crippen LogP contribution is -2.28. The molecule has 18 heavy (non-hydrogen) atoms. The third-order valence-electron chi connectivity index (χ3n) is 3.05. The molecule has 0 bridgehead atoms. The molecule has 1 nitrogen and oxygen atoms in total. The fourth-order valence-corrected chi connectivity index (χ4v) is 2.05. The lowest BCUT2D eigenvalue weighted by Gasteiger charge is -2.19. The van der Waals surface area contributed by atoms with Crippen LogP contribution in [0.1, 0.15) is 45.1 Å². The van der Waals surface area contributed by atoms with Crippen LogP contribution >= 0.6 is 0 Å². The maximum absolute atomic E-state index is 13.6. The largest absolute Gasteiger partial charge is 0.314 e. The van der Waals surface area contributed by atoms with Gasteiger partial charge in [0.05, 0.1) is 0 Å². The van der Waals surface area contributed by atoms with E-state index in [1.54, 1.807) is 0 Å². The Labute approximate surface area is 106 Å². The third kappa shape index (κ3) is 3.73. The Hall–Kier alpha value is -1.03. The molecule has 102 valence electrons. The van der Waals surface area contributed by atoms with E-state index in [2.05, 4.69) is 12.2 Å². The minimum Gasteiger partial charge on any atom is -0.314 e. The number of halogens is 3. The molecule has 0 saturated heterocycles. The number of nitrogens with one attached hydrogen (secondary N) is 1. The Kier molecular flexibility index (Phi) is 5.66. The van der Waals surface area contributed by atoms with Gasteiger partial charge in [-0.25, -0.2) is 13.2 Å². The number of rotatable bonds is 6. The molecule has 0 amide bonds. The van der Waals surface area contributed by atoms with Crippen LogP contribution in [0.4, 0.5) is 13.2 Å². The van der Waals surface area contributed by atoms with E-state index in [1.165, 1.54) is 6.07 Å². The smallest absolute Gasteiger partial charge is 0.194 e. The lowest BCUT2D eigenvalue weighted by atomic mass is 9.93. The number of hydrogen-bond acceptors (Lipinski definition) is 1. The molecule has 0 aliphatic carbocycles. The van der Waals surface area contributed by atoms with Gasteiger partial charge in [-0.3, -0.25) is 0 Å². The highest BCUT2D eigenvalue weighted by Gasteiger charge is 2.19. The predicted molar refractivity (Wildman–Crippen MR) is 67.1 cm³/mol. The molecule has 0 aromatic heterocycles. The van der Waals surface area contributed by atoms with E-state index in [0.717, 1.165) is 19.0 Å². The summed E-state index contributed by atoms with van der Waals surface area (Å²) in [7, 11) is 0. The zero-order chi connectivity index (χ0) is 13.7. The topological polar surface area (TPSA) is 12.0 Å². The van der Waals surface area contributed by atoms with Gasteiger partial charge in [0, 0.05) is 6.04 Å². The second-order valence-electron chi connectivity index (χ2n) is 4.76. The monoisotopic (exact) mass is 259 g/mol. The van der Waals surface area contributed by atoms with Crippen molar-refractivity contribution in [1.82, 2.24) is 5.32 Å². The molecule has 2 unspecified atom stereocenters. The van der Waals surface area contributed by atoms with Crippen LogP contribution in [0.2, 0.25) is 0 Å². The van der Waals surface area contributed by atoms with Gasteiger partial charge in [0.1, 0.15) is 0 Å². The maximum atomic E-state index is 13.6. The molecule has 0 heterocycles. The minimum absolute atomic E-state index is 0.153. The Balaban J connectivity index is 2.72. The summed E-state index contributed by atoms with van der Waals surface area (Å²) in [5, 5.41) is 3.29. The quantitative estimate of drug-likeness (QED) is 0.762. The summed E-state index contributed by atoms with van der Waals surface area (Å²) in [6.45, 7) is 6.79. The Morgan fingerprint density at radius 1 is 1.11 bits per heavy atom. The molecule has 0 aliphatic heterocycles. The fraction of sp³-hybridized carbons (Fsp3) is 0.571. The predicted octanol–water partition coefficient (Wildman–Crippen LogP) is 3.99. The van der Waals surface area contributed by atoms with Crippen molar-refractivity contribution >= 4 is 0 Å². The van der Waals surface area contributed by atoms with Gasteiger partial charge in [-0.1, -0.05) is 19.9 Å². The molecular formula is C14H20F3N. The van der Waals surface area contributed by atoms with Gasteiger partial charge >= 0.3 is 0 Å². The van der Waals surface area contributed by atoms with E-state index in [-0.39, 0.29) is 17.5 Å². The Morgan fingerprint density at radius 2 is 1.78 bits per heavy atom. The van der Waals surface area contributed by atoms with E-state index in [4.69, 9.17) is 0 Å². The standard InChI is InChI=1S/C14H20F3N/c1-4-7-18-10(3)8-9(2)11-5-6-12(15)14(17)13(11)16/h5-6,9-10,18H,4,7-8H2,1-3H3. The van der Waals surface area contributed by atoms with E-state index in [9.17, 15) is 13.2 Å². The van der Waals surface area contributed by atoms with Gasteiger partial charge in [-0.15, -0.1) is 0 Å². The lowest BCUT2D eigenvalue weighted by molar-refractivity contribution is 0.424. The highest BCUT2D eigenvalue weighted by molar-refractivity contribution is 5.23. The summed E-state index contributed by atoms with van der Waals surface area (Å²) in [5.41, 5.74) is 0.235. The van der Waals surface area contributed by atoms with Crippen molar-refractivity contribution in [2.75, 3.05) is 6.54 Å². The normalized spacial score (nSPS) is 14.6. The molecule has 2 atom stereocenters. The summed E-state index contributed by atoms with van der Waals surface area (Å²) < 4.78 is 39.5. The molecular weight excluding hydrogens is 239 g/mol. The maximum Gasteiger partial charge on any atom is 0.194 e. The van der Waals surface area contributed by atoms with Gasteiger partial charge in [0.25, 0.3) is 0 Å². The highest BCUT2D eigenvalue weighted by Crippen LogP contribution is 2.26. The van der Waals surface area contributed by atoms with Crippen LogP contribution in [-0.4, -0.2) is 12.6 Å². The molecule has 0 radical (unpaired) electrons. The van der Waals surface area contributed by atoms with Gasteiger partial charge in [-0.05, 0) is 43.9 Å². The van der Waals surface area contributed by atoms with Gasteiger partial charge in [0.2, 0.25) is 0 Å². The zero-order valence-corrected chi connectivity index (χ0v) is 11.1. The van der Waals surface area contributed by atoms with Crippen molar-refractivity contribution in [3.05, 3.63) is 35.1 Å². The summed E-state index contributed by atoms with van der Waals surface area (Å²) >= 11 is 0. The first-order valence-corrected chi connectivity index (χ1v) is 6.34. The molecule has 0 spiro atoms. The first kappa shape index (κ1) is 15.0. The van der Waals surface area contributed by atoms with Crippen molar-refractivity contribution in [3.8, 4) is 0 Å². The molecule has 1 rings (SSSR count). The Morgan fingerprint density at radius 3 is 2.39 bits per heavy atom. The van der Waals surface area contributed by atoms with Crippen molar-refractivity contribution in [1.29, 1.82) is 0 Å². The number of benzene rings is 1. The van der Waals surface area contributed by atoms with Crippen molar-refractivity contribution in [2.24, 2.45) is 0 Å². The van der Waals surface area contributed by atoms with Crippen LogP contribution in [0.3, 0.4) is 0 Å². The average Bonchev–Trinajstić information content (AvgIpc) is 2.33. The SMILES string of the molecule is CCCNC(C)CC(C)c1ccc(F)c(F)c1F. The average molecular weight is 259 g/mol. The number of hydrogen-bond donors (Lipinski definition) is 1. The second kappa shape index (κ2) is 6.78. The molecule has 1 aromatic carbocycles. The molecule has 0 fully saturated rings. The summed E-state index contributed by atoms with van der Waals surface area (Å²) in [4.78, 5) is 0. The van der Waals surface area contributed by atoms with Crippen molar-refractivity contribution in [2.45, 2.75) is 45.6 Å². The summed E-state index contributed by atoms with van der Waals surface area (Å²) in [6.07, 6.45) is 1.71. The van der Waals surface area contributed by atoms with Crippen molar-refractivity contribution in [3.63, 3.8) is 0 Å². The van der Waals surface area contributed by atoms with E-state index in [0.29, 0.717) is 6.42 Å². The van der Waals surface area contributed by atoms with E-state index < -0.39 is 17.5 Å². The van der Waals surface area contributed by atoms with Gasteiger partial charge in [0.15, 0.2) is 17.5 Å². The first-order valence-electron chi connectivity index (χ1n) is 6.34. The molecule has 1 N–H and O–H groups in total. The van der Waals surface area contributed by atoms with Gasteiger partial charge < -0.3 is 5.32 Å². The van der Waals surface area contributed by atoms with Crippen LogP contribution in [0.25, 0.3) is 0 Å². The molecule has 4 heteroatoms. The van der Waals surface area contributed by atoms with E-state index in [1.807, 2.05) is 13.8 Å². The van der Waals surface area contributed by atoms with Gasteiger partial charge in [-0.2, -0.15) is 0 Å². The molecule has 0 saturated carbocycles. The summed E-state index contributed by atoms with van der Waals surface area (Å²) in [6, 6.07) is 2.52.